The Hall–Kier alpha value is -2.15. The average molecular weight is 255 g/mol. The van der Waals surface area contributed by atoms with Crippen LogP contribution in [0.15, 0.2) is 12.1 Å². The number of carbonyl (C=O) groups excluding carboxylic acids is 2. The summed E-state index contributed by atoms with van der Waals surface area (Å²) in [5, 5.41) is 8.65. The maximum Gasteiger partial charge on any atom is 0.356 e. The maximum absolute atomic E-state index is 11.4. The lowest BCUT2D eigenvalue weighted by Gasteiger charge is -2.07. The van der Waals surface area contributed by atoms with Gasteiger partial charge in [0.2, 0.25) is 0 Å². The van der Waals surface area contributed by atoms with E-state index in [1.54, 1.807) is 0 Å². The predicted octanol–water partition coefficient (Wildman–Crippen LogP) is 0.0259. The van der Waals surface area contributed by atoms with Crippen LogP contribution in [0.5, 0.6) is 5.75 Å². The molecule has 1 aromatic rings. The molecular formula is C11H13NO6. The molecule has 0 fully saturated rings. The minimum atomic E-state index is -0.699. The molecule has 0 atom stereocenters. The van der Waals surface area contributed by atoms with E-state index in [2.05, 4.69) is 14.5 Å². The average Bonchev–Trinajstić information content (AvgIpc) is 2.42. The van der Waals surface area contributed by atoms with E-state index in [1.807, 2.05) is 0 Å². The number of nitrogens with zero attached hydrogens (tertiary/aromatic N) is 1. The van der Waals surface area contributed by atoms with Gasteiger partial charge >= 0.3 is 11.9 Å². The summed E-state index contributed by atoms with van der Waals surface area (Å²) >= 11 is 0. The fourth-order valence-electron chi connectivity index (χ4n) is 1.17. The Kier molecular flexibility index (Phi) is 5.06. The summed E-state index contributed by atoms with van der Waals surface area (Å²) in [7, 11) is 2.40. The van der Waals surface area contributed by atoms with Crippen molar-refractivity contribution in [3.8, 4) is 5.75 Å². The molecule has 0 radical (unpaired) electrons. The van der Waals surface area contributed by atoms with E-state index in [9.17, 15) is 9.59 Å². The first-order chi connectivity index (χ1) is 8.62. The van der Waals surface area contributed by atoms with Crippen LogP contribution in [0.2, 0.25) is 0 Å². The molecule has 0 bridgehead atoms. The normalized spacial score (nSPS) is 9.72. The first-order valence-corrected chi connectivity index (χ1v) is 5.04. The number of aromatic nitrogens is 1. The Morgan fingerprint density at radius 2 is 1.67 bits per heavy atom. The van der Waals surface area contributed by atoms with Crippen molar-refractivity contribution in [3.63, 3.8) is 0 Å². The molecule has 98 valence electrons. The van der Waals surface area contributed by atoms with Crippen LogP contribution in [0.1, 0.15) is 21.0 Å². The van der Waals surface area contributed by atoms with Gasteiger partial charge in [-0.3, -0.25) is 0 Å². The number of pyridine rings is 1. The molecule has 18 heavy (non-hydrogen) atoms. The van der Waals surface area contributed by atoms with Gasteiger partial charge in [0.25, 0.3) is 0 Å². The van der Waals surface area contributed by atoms with Crippen molar-refractivity contribution >= 4 is 11.9 Å². The Bertz CT molecular complexity index is 411. The lowest BCUT2D eigenvalue weighted by atomic mass is 10.2. The van der Waals surface area contributed by atoms with E-state index in [0.29, 0.717) is 0 Å². The molecule has 7 heteroatoms. The summed E-state index contributed by atoms with van der Waals surface area (Å²) in [4.78, 5) is 26.5. The van der Waals surface area contributed by atoms with Gasteiger partial charge < -0.3 is 19.3 Å². The molecule has 1 N–H and O–H groups in total. The molecule has 0 aliphatic rings. The lowest BCUT2D eigenvalue weighted by molar-refractivity contribution is 0.0584. The van der Waals surface area contributed by atoms with Gasteiger partial charge in [0.15, 0.2) is 11.4 Å². The van der Waals surface area contributed by atoms with Crippen LogP contribution in [0, 0.1) is 0 Å². The number of hydrogen-bond donors (Lipinski definition) is 1. The molecule has 0 saturated carbocycles. The number of methoxy groups -OCH3 is 2. The topological polar surface area (TPSA) is 95.0 Å². The van der Waals surface area contributed by atoms with Crippen molar-refractivity contribution in [2.24, 2.45) is 0 Å². The van der Waals surface area contributed by atoms with Crippen LogP contribution in [-0.2, 0) is 9.47 Å². The fourth-order valence-corrected chi connectivity index (χ4v) is 1.17. The van der Waals surface area contributed by atoms with Crippen LogP contribution < -0.4 is 4.74 Å². The number of rotatable bonds is 5. The van der Waals surface area contributed by atoms with Crippen LogP contribution in [0.25, 0.3) is 0 Å². The highest BCUT2D eigenvalue weighted by Crippen LogP contribution is 2.15. The Morgan fingerprint density at radius 3 is 2.06 bits per heavy atom. The highest BCUT2D eigenvalue weighted by molar-refractivity contribution is 5.92. The van der Waals surface area contributed by atoms with Crippen LogP contribution in [0.4, 0.5) is 0 Å². The standard InChI is InChI=1S/C11H13NO6/c1-16-10(14)8-5-7(18-4-3-13)6-9(12-8)11(15)17-2/h5-6,13H,3-4H2,1-2H3. The molecule has 1 rings (SSSR count). The molecule has 0 aromatic carbocycles. The van der Waals surface area contributed by atoms with Gasteiger partial charge in [-0.1, -0.05) is 0 Å². The third-order valence-corrected chi connectivity index (χ3v) is 1.95. The SMILES string of the molecule is COC(=O)c1cc(OCCO)cc(C(=O)OC)n1. The smallest absolute Gasteiger partial charge is 0.356 e. The molecular weight excluding hydrogens is 242 g/mol. The third kappa shape index (κ3) is 3.42. The molecule has 0 amide bonds. The van der Waals surface area contributed by atoms with Crippen molar-refractivity contribution in [3.05, 3.63) is 23.5 Å². The molecule has 0 aliphatic carbocycles. The van der Waals surface area contributed by atoms with Gasteiger partial charge in [0.05, 0.1) is 20.8 Å². The zero-order valence-corrected chi connectivity index (χ0v) is 10.0. The monoisotopic (exact) mass is 255 g/mol. The lowest BCUT2D eigenvalue weighted by Crippen LogP contribution is -2.12. The molecule has 0 spiro atoms. The van der Waals surface area contributed by atoms with Gasteiger partial charge in [-0.15, -0.1) is 0 Å². The zero-order chi connectivity index (χ0) is 13.5. The largest absolute Gasteiger partial charge is 0.491 e. The van der Waals surface area contributed by atoms with Gasteiger partial charge in [0, 0.05) is 12.1 Å². The van der Waals surface area contributed by atoms with E-state index >= 15 is 0 Å². The first-order valence-electron chi connectivity index (χ1n) is 5.04. The Labute approximate surface area is 103 Å². The number of ether oxygens (including phenoxy) is 3. The second-order valence-electron chi connectivity index (χ2n) is 3.13. The fraction of sp³-hybridized carbons (Fsp3) is 0.364. The van der Waals surface area contributed by atoms with Gasteiger partial charge in [-0.25, -0.2) is 14.6 Å². The second kappa shape index (κ2) is 6.55. The van der Waals surface area contributed by atoms with Crippen LogP contribution >= 0.6 is 0 Å². The molecule has 7 nitrogen and oxygen atoms in total. The highest BCUT2D eigenvalue weighted by atomic mass is 16.5. The number of aliphatic hydroxyl groups is 1. The molecule has 0 saturated heterocycles. The molecule has 0 unspecified atom stereocenters. The van der Waals surface area contributed by atoms with E-state index < -0.39 is 11.9 Å². The van der Waals surface area contributed by atoms with Crippen molar-refractivity contribution in [2.75, 3.05) is 27.4 Å². The second-order valence-corrected chi connectivity index (χ2v) is 3.13. The van der Waals surface area contributed by atoms with Gasteiger partial charge in [0.1, 0.15) is 12.4 Å². The van der Waals surface area contributed by atoms with Crippen molar-refractivity contribution < 1.29 is 28.9 Å². The minimum Gasteiger partial charge on any atom is -0.491 e. The zero-order valence-electron chi connectivity index (χ0n) is 10.0. The van der Waals surface area contributed by atoms with Crippen LogP contribution in [-0.4, -0.2) is 49.5 Å². The summed E-state index contributed by atoms with van der Waals surface area (Å²) in [5.74, 6) is -1.18. The van der Waals surface area contributed by atoms with E-state index in [4.69, 9.17) is 9.84 Å². The van der Waals surface area contributed by atoms with Crippen LogP contribution in [0.3, 0.4) is 0 Å². The van der Waals surface area contributed by atoms with Crippen molar-refractivity contribution in [1.29, 1.82) is 0 Å². The number of carbonyl (C=O) groups is 2. The number of esters is 2. The Balaban J connectivity index is 3.11. The number of aliphatic hydroxyl groups excluding tert-OH is 1. The molecule has 0 aliphatic heterocycles. The van der Waals surface area contributed by atoms with E-state index in [-0.39, 0.29) is 30.4 Å². The Morgan fingerprint density at radius 1 is 1.17 bits per heavy atom. The van der Waals surface area contributed by atoms with E-state index in [0.717, 1.165) is 0 Å². The van der Waals surface area contributed by atoms with Gasteiger partial charge in [-0.2, -0.15) is 0 Å². The molecule has 1 aromatic heterocycles. The highest BCUT2D eigenvalue weighted by Gasteiger charge is 2.16. The summed E-state index contributed by atoms with van der Waals surface area (Å²) in [6, 6.07) is 2.63. The van der Waals surface area contributed by atoms with Gasteiger partial charge in [-0.05, 0) is 0 Å². The number of hydrogen-bond acceptors (Lipinski definition) is 7. The molecule has 1 heterocycles. The third-order valence-electron chi connectivity index (χ3n) is 1.95. The van der Waals surface area contributed by atoms with Crippen molar-refractivity contribution in [2.45, 2.75) is 0 Å². The summed E-state index contributed by atoms with van der Waals surface area (Å²) in [6.07, 6.45) is 0. The summed E-state index contributed by atoms with van der Waals surface area (Å²) in [6.45, 7) is -0.158. The summed E-state index contributed by atoms with van der Waals surface area (Å²) < 4.78 is 14.1. The predicted molar refractivity (Wildman–Crippen MR) is 59.5 cm³/mol. The minimum absolute atomic E-state index is 0.0330. The van der Waals surface area contributed by atoms with E-state index in [1.165, 1.54) is 26.4 Å². The van der Waals surface area contributed by atoms with Crippen molar-refractivity contribution in [1.82, 2.24) is 4.98 Å². The quantitative estimate of drug-likeness (QED) is 0.741. The summed E-state index contributed by atoms with van der Waals surface area (Å²) in [5.41, 5.74) is -0.151. The first kappa shape index (κ1) is 13.9. The maximum atomic E-state index is 11.4.